The molecule has 0 spiro atoms. The summed E-state index contributed by atoms with van der Waals surface area (Å²) in [4.78, 5) is 21.4. The lowest BCUT2D eigenvalue weighted by atomic mass is 10.0. The number of anilines is 1. The van der Waals surface area contributed by atoms with E-state index < -0.39 is 11.9 Å². The van der Waals surface area contributed by atoms with Crippen molar-refractivity contribution in [2.24, 2.45) is 10.7 Å². The van der Waals surface area contributed by atoms with Gasteiger partial charge in [-0.05, 0) is 57.6 Å². The van der Waals surface area contributed by atoms with Crippen LogP contribution in [0.25, 0.3) is 0 Å². The molecule has 1 atom stereocenters. The molecule has 3 N–H and O–H groups in total. The number of methoxy groups -OCH3 is 1. The minimum atomic E-state index is -0.484. The molecule has 0 fully saturated rings. The predicted octanol–water partition coefficient (Wildman–Crippen LogP) is 3.56. The van der Waals surface area contributed by atoms with Gasteiger partial charge in [-0.2, -0.15) is 0 Å². The number of aryl methyl sites for hydroxylation is 1. The molecule has 1 aromatic carbocycles. The average molecular weight is 432 g/mol. The second-order valence-corrected chi connectivity index (χ2v) is 9.50. The number of nitrogens with two attached hydrogens (primary N) is 1. The Kier molecular flexibility index (Phi) is 6.33. The predicted molar refractivity (Wildman–Crippen MR) is 119 cm³/mol. The number of pyridine rings is 1. The average Bonchev–Trinajstić information content (AvgIpc) is 2.77. The molecule has 1 aromatic heterocycles. The van der Waals surface area contributed by atoms with Crippen LogP contribution in [0.3, 0.4) is 0 Å². The standard InChI is InChI=1S/C21H26FN5O2S/c1-12-8-14(29-5)10-24-18(12)19(28)25-13-6-7-16(22)15(9-13)17-11-27(4)30-21(2,3)20(23)26-17/h6-10,17H,11H2,1-5H3,(H2,23,26)(H,25,28)/t17-/m0/s1. The zero-order chi connectivity index (χ0) is 22.1. The molecule has 0 radical (unpaired) electrons. The van der Waals surface area contributed by atoms with E-state index in [2.05, 4.69) is 15.3 Å². The maximum Gasteiger partial charge on any atom is 0.274 e. The van der Waals surface area contributed by atoms with Crippen LogP contribution in [0.15, 0.2) is 35.5 Å². The van der Waals surface area contributed by atoms with Gasteiger partial charge in [0.2, 0.25) is 0 Å². The van der Waals surface area contributed by atoms with Crippen LogP contribution < -0.4 is 15.8 Å². The SMILES string of the molecule is COc1cnc(C(=O)Nc2ccc(F)c([C@@H]3CN(C)SC(C)(C)C(N)=N3)c2)c(C)c1. The van der Waals surface area contributed by atoms with Gasteiger partial charge in [-0.3, -0.25) is 14.1 Å². The van der Waals surface area contributed by atoms with Crippen molar-refractivity contribution < 1.29 is 13.9 Å². The normalized spacial score (nSPS) is 19.0. The van der Waals surface area contributed by atoms with Gasteiger partial charge in [0, 0.05) is 17.8 Å². The summed E-state index contributed by atoms with van der Waals surface area (Å²) in [7, 11) is 3.46. The van der Waals surface area contributed by atoms with Crippen LogP contribution in [-0.2, 0) is 0 Å². The molecule has 0 saturated carbocycles. The molecule has 1 amide bonds. The first-order valence-corrected chi connectivity index (χ1v) is 10.2. The zero-order valence-corrected chi connectivity index (χ0v) is 18.5. The van der Waals surface area contributed by atoms with Gasteiger partial charge in [0.25, 0.3) is 5.91 Å². The Morgan fingerprint density at radius 3 is 2.80 bits per heavy atom. The number of hydrogen-bond donors (Lipinski definition) is 2. The summed E-state index contributed by atoms with van der Waals surface area (Å²) >= 11 is 1.56. The summed E-state index contributed by atoms with van der Waals surface area (Å²) in [5.41, 5.74) is 7.97. The lowest BCUT2D eigenvalue weighted by Crippen LogP contribution is -2.36. The number of carbonyl (C=O) groups is 1. The summed E-state index contributed by atoms with van der Waals surface area (Å²) in [6, 6.07) is 5.69. The summed E-state index contributed by atoms with van der Waals surface area (Å²) in [5.74, 6) is 0.243. The maximum atomic E-state index is 14.7. The van der Waals surface area contributed by atoms with Crippen molar-refractivity contribution in [1.29, 1.82) is 0 Å². The number of aromatic nitrogens is 1. The number of rotatable bonds is 4. The Balaban J connectivity index is 1.88. The highest BCUT2D eigenvalue weighted by molar-refractivity contribution is 7.99. The number of amidine groups is 1. The summed E-state index contributed by atoms with van der Waals surface area (Å²) in [6.45, 7) is 6.22. The van der Waals surface area contributed by atoms with Gasteiger partial charge >= 0.3 is 0 Å². The van der Waals surface area contributed by atoms with E-state index in [1.807, 2.05) is 25.2 Å². The highest BCUT2D eigenvalue weighted by Gasteiger charge is 2.32. The third kappa shape index (κ3) is 4.73. The molecule has 9 heteroatoms. The zero-order valence-electron chi connectivity index (χ0n) is 17.7. The number of amides is 1. The van der Waals surface area contributed by atoms with E-state index in [0.717, 1.165) is 0 Å². The molecule has 2 aromatic rings. The third-order valence-corrected chi connectivity index (χ3v) is 5.97. The highest BCUT2D eigenvalue weighted by Crippen LogP contribution is 2.35. The molecule has 7 nitrogen and oxygen atoms in total. The van der Waals surface area contributed by atoms with Crippen LogP contribution >= 0.6 is 11.9 Å². The van der Waals surface area contributed by atoms with Crippen LogP contribution in [0, 0.1) is 12.7 Å². The van der Waals surface area contributed by atoms with Crippen molar-refractivity contribution in [3.63, 3.8) is 0 Å². The van der Waals surface area contributed by atoms with Gasteiger partial charge in [0.15, 0.2) is 0 Å². The van der Waals surface area contributed by atoms with Gasteiger partial charge in [-0.1, -0.05) is 11.9 Å². The van der Waals surface area contributed by atoms with Crippen molar-refractivity contribution in [1.82, 2.24) is 9.29 Å². The fourth-order valence-corrected chi connectivity index (χ4v) is 4.36. The summed E-state index contributed by atoms with van der Waals surface area (Å²) in [5, 5.41) is 2.79. The molecular formula is C21H26FN5O2S. The van der Waals surface area contributed by atoms with Crippen molar-refractivity contribution in [2.75, 3.05) is 26.0 Å². The number of benzene rings is 1. The van der Waals surface area contributed by atoms with E-state index >= 15 is 0 Å². The first-order chi connectivity index (χ1) is 14.1. The summed E-state index contributed by atoms with van der Waals surface area (Å²) in [6.07, 6.45) is 1.48. The molecule has 30 heavy (non-hydrogen) atoms. The second kappa shape index (κ2) is 8.61. The van der Waals surface area contributed by atoms with Crippen molar-refractivity contribution in [3.8, 4) is 5.75 Å². The fourth-order valence-electron chi connectivity index (χ4n) is 3.21. The number of carbonyl (C=O) groups excluding carboxylic acids is 1. The van der Waals surface area contributed by atoms with Gasteiger partial charge in [0.05, 0.1) is 24.1 Å². The Labute approximate surface area is 180 Å². The maximum absolute atomic E-state index is 14.7. The van der Waals surface area contributed by atoms with E-state index in [-0.39, 0.29) is 16.3 Å². The number of aliphatic imine (C=N–C) groups is 1. The number of hydrogen-bond acceptors (Lipinski definition) is 7. The van der Waals surface area contributed by atoms with Gasteiger partial charge in [0.1, 0.15) is 23.1 Å². The Morgan fingerprint density at radius 1 is 1.40 bits per heavy atom. The molecule has 0 bridgehead atoms. The molecule has 0 saturated heterocycles. The number of likely N-dealkylation sites (N-methyl/N-ethyl adjacent to an activating group) is 1. The van der Waals surface area contributed by atoms with E-state index in [0.29, 0.717) is 34.9 Å². The molecule has 1 aliphatic rings. The molecule has 2 heterocycles. The minimum Gasteiger partial charge on any atom is -0.495 e. The quantitative estimate of drug-likeness (QED) is 0.719. The first-order valence-electron chi connectivity index (χ1n) is 9.46. The first kappa shape index (κ1) is 22.0. The highest BCUT2D eigenvalue weighted by atomic mass is 32.2. The fraction of sp³-hybridized carbons (Fsp3) is 0.381. The van der Waals surface area contributed by atoms with Crippen molar-refractivity contribution in [2.45, 2.75) is 31.6 Å². The molecule has 0 aliphatic carbocycles. The van der Waals surface area contributed by atoms with Gasteiger partial charge < -0.3 is 15.8 Å². The molecule has 1 aliphatic heterocycles. The van der Waals surface area contributed by atoms with Gasteiger partial charge in [-0.25, -0.2) is 9.37 Å². The molecule has 160 valence electrons. The van der Waals surface area contributed by atoms with E-state index in [4.69, 9.17) is 10.5 Å². The molecule has 0 unspecified atom stereocenters. The van der Waals surface area contributed by atoms with Crippen LogP contribution in [0.5, 0.6) is 5.75 Å². The van der Waals surface area contributed by atoms with Crippen LogP contribution in [0.1, 0.15) is 41.5 Å². The summed E-state index contributed by atoms with van der Waals surface area (Å²) < 4.78 is 21.4. The van der Waals surface area contributed by atoms with Crippen LogP contribution in [0.2, 0.25) is 0 Å². The number of nitrogens with one attached hydrogen (secondary N) is 1. The number of halogens is 1. The minimum absolute atomic E-state index is 0.274. The molecule has 3 rings (SSSR count). The van der Waals surface area contributed by atoms with E-state index in [1.54, 1.807) is 31.0 Å². The largest absolute Gasteiger partial charge is 0.495 e. The van der Waals surface area contributed by atoms with Gasteiger partial charge in [-0.15, -0.1) is 0 Å². The monoisotopic (exact) mass is 431 g/mol. The lowest BCUT2D eigenvalue weighted by Gasteiger charge is -2.25. The van der Waals surface area contributed by atoms with Crippen molar-refractivity contribution >= 4 is 29.4 Å². The van der Waals surface area contributed by atoms with Crippen LogP contribution in [-0.4, -0.2) is 46.5 Å². The Morgan fingerprint density at radius 2 is 2.13 bits per heavy atom. The van der Waals surface area contributed by atoms with E-state index in [9.17, 15) is 9.18 Å². The van der Waals surface area contributed by atoms with E-state index in [1.165, 1.54) is 25.4 Å². The molecular weight excluding hydrogens is 405 g/mol. The second-order valence-electron chi connectivity index (χ2n) is 7.67. The topological polar surface area (TPSA) is 92.8 Å². The Hall–Kier alpha value is -2.65. The third-order valence-electron chi connectivity index (χ3n) is 4.84. The number of nitrogens with zero attached hydrogens (tertiary/aromatic N) is 3. The lowest BCUT2D eigenvalue weighted by molar-refractivity contribution is 0.102. The van der Waals surface area contributed by atoms with Crippen LogP contribution in [0.4, 0.5) is 10.1 Å². The van der Waals surface area contributed by atoms with Crippen molar-refractivity contribution in [3.05, 3.63) is 53.1 Å². The Bertz CT molecular complexity index is 995. The smallest absolute Gasteiger partial charge is 0.274 e. The number of ether oxygens (including phenoxy) is 1.